The van der Waals surface area contributed by atoms with E-state index in [1.165, 1.54) is 62.3 Å². The number of primary amides is 2. The van der Waals surface area contributed by atoms with Gasteiger partial charge in [0.05, 0.1) is 23.2 Å². The second-order valence-corrected chi connectivity index (χ2v) is 18.0. The van der Waals surface area contributed by atoms with E-state index in [9.17, 15) is 69.6 Å². The van der Waals surface area contributed by atoms with E-state index in [4.69, 9.17) is 11.5 Å². The van der Waals surface area contributed by atoms with Crippen molar-refractivity contribution in [1.82, 2.24) is 9.80 Å². The number of aliphatic hydroxyl groups is 6. The molecule has 12 N–H and O–H groups in total. The van der Waals surface area contributed by atoms with Crippen LogP contribution < -0.4 is 11.5 Å². The normalized spacial score (nSPS) is 29.0. The van der Waals surface area contributed by atoms with Crippen molar-refractivity contribution in [1.29, 1.82) is 0 Å². The Bertz CT molecular complexity index is 2720. The molecule has 2 amide bonds. The summed E-state index contributed by atoms with van der Waals surface area (Å²) < 4.78 is 0. The molecule has 8 atom stereocenters. The van der Waals surface area contributed by atoms with Crippen LogP contribution in [0.5, 0.6) is 11.5 Å². The summed E-state index contributed by atoms with van der Waals surface area (Å²) in [6, 6.07) is 3.28. The Morgan fingerprint density at radius 2 is 0.970 bits per heavy atom. The fourth-order valence-electron chi connectivity index (χ4n) is 11.2. The molecule has 0 radical (unpaired) electrons. The number of amides is 2. The smallest absolute Gasteiger partial charge is 0.255 e. The number of ketones is 4. The highest BCUT2D eigenvalue weighted by Gasteiger charge is 2.65. The first-order valence-corrected chi connectivity index (χ1v) is 21.0. The van der Waals surface area contributed by atoms with Gasteiger partial charge in [-0.3, -0.25) is 38.6 Å². The lowest BCUT2D eigenvalue weighted by molar-refractivity contribution is -0.149. The number of carbonyl (C=O) groups is 6. The number of nitrogens with two attached hydrogens (primary N) is 2. The monoisotopic (exact) mass is 902 g/mol. The summed E-state index contributed by atoms with van der Waals surface area (Å²) in [7, 11) is 6.16. The number of likely N-dealkylation sites (N-methyl/N-ethyl adjacent to an activating group) is 2. The number of allylic oxidation sites excluding steroid dienone is 2. The van der Waals surface area contributed by atoms with Crippen molar-refractivity contribution in [3.05, 3.63) is 103 Å². The van der Waals surface area contributed by atoms with Crippen LogP contribution >= 0.6 is 0 Å². The van der Waals surface area contributed by atoms with Crippen LogP contribution in [0.4, 0.5) is 0 Å². The standard InChI is InChI=1S/C48H46N4O14/c1-51(2)35-25-17-21-15-23-19(11-13-27(53)31(23)37(55)29(21)41(59)47(25,65)43(61)33(39(35)57)45(49)63)9-7-5-6-8-10-20-12-14-28(54)32-24(20)16-22-18-26-36(52(3)4)40(58)34(46(50)64)44(62)48(26,66)42(60)30(22)38(32)56/h11-14,21-22,25-26,35-36,53-54,57-60,65-66H,5-6,15-18H2,1-4H3,(H2,49,63)(H2,50,64)/t21-,22-,25-,26-,35-,36-,47-,48-/m1/s1. The van der Waals surface area contributed by atoms with E-state index in [0.717, 1.165) is 0 Å². The van der Waals surface area contributed by atoms with E-state index >= 15 is 0 Å². The van der Waals surface area contributed by atoms with Gasteiger partial charge < -0.3 is 52.3 Å². The van der Waals surface area contributed by atoms with Crippen LogP contribution in [-0.2, 0) is 32.0 Å². The van der Waals surface area contributed by atoms with Gasteiger partial charge >= 0.3 is 0 Å². The largest absolute Gasteiger partial charge is 0.510 e. The van der Waals surface area contributed by atoms with Gasteiger partial charge in [0.2, 0.25) is 11.6 Å². The Hall–Kier alpha value is -7.22. The quantitative estimate of drug-likeness (QED) is 0.112. The van der Waals surface area contributed by atoms with E-state index in [1.807, 2.05) is 0 Å². The Labute approximate surface area is 376 Å². The predicted molar refractivity (Wildman–Crippen MR) is 230 cm³/mol. The number of fused-ring (bicyclic) bond motifs is 6. The van der Waals surface area contributed by atoms with E-state index in [0.29, 0.717) is 22.3 Å². The molecule has 0 heterocycles. The number of phenolic OH excluding ortho intramolecular Hbond substituents is 2. The maximum absolute atomic E-state index is 14.1. The minimum atomic E-state index is -2.77. The van der Waals surface area contributed by atoms with Gasteiger partial charge in [0.15, 0.2) is 22.8 Å². The van der Waals surface area contributed by atoms with E-state index in [1.54, 1.807) is 0 Å². The first kappa shape index (κ1) is 45.4. The fourth-order valence-corrected chi connectivity index (χ4v) is 11.2. The van der Waals surface area contributed by atoms with Gasteiger partial charge in [-0.25, -0.2) is 0 Å². The zero-order valence-electron chi connectivity index (χ0n) is 36.1. The highest BCUT2D eigenvalue weighted by molar-refractivity contribution is 6.26. The number of phenols is 2. The molecule has 0 saturated heterocycles. The molecule has 2 aromatic carbocycles. The van der Waals surface area contributed by atoms with Crippen LogP contribution in [0.1, 0.15) is 68.7 Å². The summed E-state index contributed by atoms with van der Waals surface area (Å²) in [5.41, 5.74) is 4.01. The lowest BCUT2D eigenvalue weighted by Crippen LogP contribution is -2.63. The zero-order chi connectivity index (χ0) is 48.2. The lowest BCUT2D eigenvalue weighted by Gasteiger charge is -2.50. The van der Waals surface area contributed by atoms with Crippen molar-refractivity contribution in [3.8, 4) is 35.2 Å². The summed E-state index contributed by atoms with van der Waals surface area (Å²) in [4.78, 5) is 82.8. The van der Waals surface area contributed by atoms with E-state index in [2.05, 4.69) is 23.7 Å². The molecule has 6 aliphatic carbocycles. The molecule has 0 fully saturated rings. The molecule has 66 heavy (non-hydrogen) atoms. The third-order valence-corrected chi connectivity index (χ3v) is 14.0. The van der Waals surface area contributed by atoms with Crippen LogP contribution in [0, 0.1) is 47.4 Å². The maximum Gasteiger partial charge on any atom is 0.255 e. The average Bonchev–Trinajstić information content (AvgIpc) is 3.22. The van der Waals surface area contributed by atoms with Gasteiger partial charge in [-0.15, -0.1) is 0 Å². The summed E-state index contributed by atoms with van der Waals surface area (Å²) >= 11 is 0. The number of aromatic hydroxyl groups is 2. The van der Waals surface area contributed by atoms with E-state index < -0.39 is 128 Å². The molecule has 0 aromatic heterocycles. The second-order valence-electron chi connectivity index (χ2n) is 18.0. The number of aliphatic hydroxyl groups excluding tert-OH is 4. The van der Waals surface area contributed by atoms with Gasteiger partial charge in [0.25, 0.3) is 11.8 Å². The number of nitrogens with zero attached hydrogens (tertiary/aromatic N) is 2. The molecule has 18 heteroatoms. The van der Waals surface area contributed by atoms with Crippen LogP contribution in [-0.4, -0.2) is 137 Å². The SMILES string of the molecule is CN(C)[C@H]1C(O)=C(C(N)=O)C(=O)[C@]2(O)C(O)=C3C(=O)c4c(O)ccc(C#CCCC#Cc5ccc(O)c6c5C[C@@H]5C[C@@H]7[C@@H](N(C)C)C(O)=C(C(N)=O)C(=O)[C@]7(O)C(O)=C5C6=O)c4C[C@@H]3C[C@H]12. The molecule has 0 spiro atoms. The molecule has 0 saturated carbocycles. The zero-order valence-corrected chi connectivity index (χ0v) is 36.1. The Morgan fingerprint density at radius 1 is 0.621 bits per heavy atom. The molecule has 18 nitrogen and oxygen atoms in total. The van der Waals surface area contributed by atoms with Crippen LogP contribution in [0.2, 0.25) is 0 Å². The van der Waals surface area contributed by atoms with Gasteiger partial charge in [0, 0.05) is 47.0 Å². The minimum absolute atomic E-state index is 0.0472. The van der Waals surface area contributed by atoms with Crippen LogP contribution in [0.15, 0.2) is 69.6 Å². The average molecular weight is 903 g/mol. The highest BCUT2D eigenvalue weighted by Crippen LogP contribution is 2.54. The number of unbranched alkanes of at least 4 members (excludes halogenated alkanes) is 1. The first-order chi connectivity index (χ1) is 31.0. The van der Waals surface area contributed by atoms with Crippen molar-refractivity contribution in [2.24, 2.45) is 35.1 Å². The Kier molecular flexibility index (Phi) is 10.8. The summed E-state index contributed by atoms with van der Waals surface area (Å²) in [6.45, 7) is 0. The Morgan fingerprint density at radius 3 is 1.29 bits per heavy atom. The summed E-state index contributed by atoms with van der Waals surface area (Å²) in [5, 5.41) is 90.7. The molecule has 342 valence electrons. The van der Waals surface area contributed by atoms with Gasteiger partial charge in [-0.2, -0.15) is 0 Å². The van der Waals surface area contributed by atoms with Crippen molar-refractivity contribution < 1.29 is 69.6 Å². The van der Waals surface area contributed by atoms with Crippen molar-refractivity contribution >= 4 is 34.9 Å². The van der Waals surface area contributed by atoms with Crippen molar-refractivity contribution in [3.63, 3.8) is 0 Å². The Balaban J connectivity index is 1.06. The second kappa shape index (κ2) is 15.7. The summed E-state index contributed by atoms with van der Waals surface area (Å²) in [5.74, 6) is -3.04. The number of hydrogen-bond donors (Lipinski definition) is 10. The van der Waals surface area contributed by atoms with Gasteiger partial charge in [0.1, 0.15) is 45.7 Å². The maximum atomic E-state index is 14.1. The van der Waals surface area contributed by atoms with Crippen molar-refractivity contribution in [2.45, 2.75) is 61.8 Å². The topological polar surface area (TPSA) is 323 Å². The molecule has 0 unspecified atom stereocenters. The first-order valence-electron chi connectivity index (χ1n) is 21.0. The predicted octanol–water partition coefficient (Wildman–Crippen LogP) is 0.738. The molecule has 8 rings (SSSR count). The third kappa shape index (κ3) is 6.28. The molecular weight excluding hydrogens is 857 g/mol. The highest BCUT2D eigenvalue weighted by atomic mass is 16.4. The van der Waals surface area contributed by atoms with Crippen LogP contribution in [0.3, 0.4) is 0 Å². The molecular formula is C48H46N4O14. The molecule has 0 bridgehead atoms. The van der Waals surface area contributed by atoms with Gasteiger partial charge in [-0.05, 0) is 101 Å². The number of benzene rings is 2. The third-order valence-electron chi connectivity index (χ3n) is 14.0. The molecule has 2 aromatic rings. The fraction of sp³-hybridized carbons (Fsp3) is 0.375. The van der Waals surface area contributed by atoms with Gasteiger partial charge in [-0.1, -0.05) is 23.7 Å². The number of hydrogen-bond acceptors (Lipinski definition) is 16. The molecule has 0 aliphatic heterocycles. The van der Waals surface area contributed by atoms with Crippen LogP contribution in [0.25, 0.3) is 0 Å². The van der Waals surface area contributed by atoms with E-state index in [-0.39, 0.29) is 60.8 Å². The lowest BCUT2D eigenvalue weighted by atomic mass is 9.58. The number of Topliss-reactive ketones (excluding diaryl/α,β-unsaturated/α-hetero) is 4. The number of carbonyl (C=O) groups excluding carboxylic acids is 6. The number of rotatable bonds is 5. The summed E-state index contributed by atoms with van der Waals surface area (Å²) in [6.07, 6.45) is 0.321. The molecule has 6 aliphatic rings. The minimum Gasteiger partial charge on any atom is -0.510 e. The van der Waals surface area contributed by atoms with Crippen molar-refractivity contribution in [2.75, 3.05) is 28.2 Å².